The van der Waals surface area contributed by atoms with Crippen molar-refractivity contribution in [1.29, 1.82) is 0 Å². The van der Waals surface area contributed by atoms with Crippen molar-refractivity contribution in [3.8, 4) is 11.1 Å². The highest BCUT2D eigenvalue weighted by molar-refractivity contribution is 7.80. The van der Waals surface area contributed by atoms with E-state index in [0.29, 0.717) is 0 Å². The summed E-state index contributed by atoms with van der Waals surface area (Å²) >= 11 is 0. The largest absolute Gasteiger partial charge is 0.0622 e. The summed E-state index contributed by atoms with van der Waals surface area (Å²) in [5, 5.41) is 6.82. The average Bonchev–Trinajstić information content (AvgIpc) is 2.81. The highest BCUT2D eigenvalue weighted by Gasteiger charge is 2.18. The zero-order valence-electron chi connectivity index (χ0n) is 16.1. The topological polar surface area (TPSA) is 0 Å². The highest BCUT2D eigenvalue weighted by Crippen LogP contribution is 2.36. The minimum atomic E-state index is -0.627. The van der Waals surface area contributed by atoms with E-state index in [0.717, 1.165) is 0 Å². The van der Waals surface area contributed by atoms with Crippen LogP contribution in [0.2, 0.25) is 0 Å². The fraction of sp³-hybridized carbons (Fsp3) is 0. The average molecular weight is 388 g/mol. The Kier molecular flexibility index (Phi) is 4.95. The molecule has 29 heavy (non-hydrogen) atoms. The zero-order valence-corrected chi connectivity index (χ0v) is 17.0. The Balaban J connectivity index is 1.66. The van der Waals surface area contributed by atoms with E-state index in [1.807, 2.05) is 0 Å². The molecule has 1 atom stereocenters. The third-order valence-electron chi connectivity index (χ3n) is 5.25. The molecule has 0 saturated heterocycles. The lowest BCUT2D eigenvalue weighted by atomic mass is 10.1. The van der Waals surface area contributed by atoms with Crippen molar-refractivity contribution in [1.82, 2.24) is 0 Å². The Bertz CT molecular complexity index is 1220. The summed E-state index contributed by atoms with van der Waals surface area (Å²) in [5.41, 5.74) is 2.52. The Morgan fingerprint density at radius 3 is 1.69 bits per heavy atom. The smallest absolute Gasteiger partial charge is 0.00726 e. The summed E-state index contributed by atoms with van der Waals surface area (Å²) in [7, 11) is -0.627. The van der Waals surface area contributed by atoms with Gasteiger partial charge in [-0.1, -0.05) is 127 Å². The predicted molar refractivity (Wildman–Crippen MR) is 128 cm³/mol. The van der Waals surface area contributed by atoms with E-state index in [2.05, 4.69) is 127 Å². The van der Waals surface area contributed by atoms with Gasteiger partial charge in [-0.25, -0.2) is 0 Å². The standard InChI is InChI=1S/C28H21P/c1-3-10-22(11-4-1)23-18-20-26(21-19-23)29(25-14-5-2-6-15-25)28-17-9-13-24-12-7-8-16-27(24)28/h1-21H. The van der Waals surface area contributed by atoms with Crippen molar-refractivity contribution in [2.24, 2.45) is 0 Å². The lowest BCUT2D eigenvalue weighted by Crippen LogP contribution is -2.21. The van der Waals surface area contributed by atoms with Gasteiger partial charge in [0.25, 0.3) is 0 Å². The van der Waals surface area contributed by atoms with Gasteiger partial charge >= 0.3 is 0 Å². The first-order valence-electron chi connectivity index (χ1n) is 9.88. The van der Waals surface area contributed by atoms with Crippen LogP contribution in [0.25, 0.3) is 21.9 Å². The minimum Gasteiger partial charge on any atom is -0.0622 e. The van der Waals surface area contributed by atoms with Crippen LogP contribution in [0.4, 0.5) is 0 Å². The fourth-order valence-electron chi connectivity index (χ4n) is 3.84. The molecule has 0 aliphatic carbocycles. The minimum absolute atomic E-state index is 0.627. The molecule has 0 nitrogen and oxygen atoms in total. The Morgan fingerprint density at radius 1 is 0.379 bits per heavy atom. The predicted octanol–water partition coefficient (Wildman–Crippen LogP) is 6.27. The van der Waals surface area contributed by atoms with Gasteiger partial charge in [0.15, 0.2) is 0 Å². The second-order valence-corrected chi connectivity index (χ2v) is 9.27. The van der Waals surface area contributed by atoms with Crippen molar-refractivity contribution in [3.63, 3.8) is 0 Å². The first-order chi connectivity index (χ1) is 14.4. The van der Waals surface area contributed by atoms with Crippen LogP contribution in [-0.4, -0.2) is 0 Å². The van der Waals surface area contributed by atoms with Crippen LogP contribution in [0.3, 0.4) is 0 Å². The van der Waals surface area contributed by atoms with Crippen molar-refractivity contribution < 1.29 is 0 Å². The number of hydrogen-bond donors (Lipinski definition) is 0. The molecule has 0 N–H and O–H groups in total. The molecule has 0 radical (unpaired) electrons. The van der Waals surface area contributed by atoms with Crippen LogP contribution in [0.5, 0.6) is 0 Å². The molecule has 1 unspecified atom stereocenters. The Morgan fingerprint density at radius 2 is 0.931 bits per heavy atom. The van der Waals surface area contributed by atoms with Crippen LogP contribution < -0.4 is 15.9 Å². The third kappa shape index (κ3) is 3.60. The number of fused-ring (bicyclic) bond motifs is 1. The molecule has 0 fully saturated rings. The van der Waals surface area contributed by atoms with Crippen LogP contribution in [0.15, 0.2) is 127 Å². The molecule has 0 aliphatic rings. The van der Waals surface area contributed by atoms with Crippen LogP contribution in [-0.2, 0) is 0 Å². The lowest BCUT2D eigenvalue weighted by molar-refractivity contribution is 1.64. The van der Waals surface area contributed by atoms with Gasteiger partial charge in [0.05, 0.1) is 0 Å². The summed E-state index contributed by atoms with van der Waals surface area (Å²) in [4.78, 5) is 0. The van der Waals surface area contributed by atoms with Crippen molar-refractivity contribution >= 4 is 34.6 Å². The summed E-state index contributed by atoms with van der Waals surface area (Å²) in [6.07, 6.45) is 0. The number of hydrogen-bond acceptors (Lipinski definition) is 0. The lowest BCUT2D eigenvalue weighted by Gasteiger charge is -2.21. The number of benzene rings is 5. The van der Waals surface area contributed by atoms with Gasteiger partial charge in [0.2, 0.25) is 0 Å². The van der Waals surface area contributed by atoms with Gasteiger partial charge in [-0.05, 0) is 45.7 Å². The van der Waals surface area contributed by atoms with E-state index < -0.39 is 7.92 Å². The van der Waals surface area contributed by atoms with Crippen molar-refractivity contribution in [2.75, 3.05) is 0 Å². The van der Waals surface area contributed by atoms with Crippen LogP contribution in [0, 0.1) is 0 Å². The van der Waals surface area contributed by atoms with Gasteiger partial charge in [-0.15, -0.1) is 0 Å². The van der Waals surface area contributed by atoms with E-state index in [1.165, 1.54) is 37.8 Å². The van der Waals surface area contributed by atoms with Crippen molar-refractivity contribution in [2.45, 2.75) is 0 Å². The highest BCUT2D eigenvalue weighted by atomic mass is 31.1. The molecule has 5 aromatic rings. The molecule has 0 heterocycles. The molecule has 0 aliphatic heterocycles. The summed E-state index contributed by atoms with van der Waals surface area (Å²) in [6.45, 7) is 0. The van der Waals surface area contributed by atoms with Crippen LogP contribution >= 0.6 is 7.92 Å². The maximum absolute atomic E-state index is 2.31. The Labute approximate surface area is 173 Å². The molecule has 0 saturated carbocycles. The normalized spacial score (nSPS) is 12.0. The molecule has 0 bridgehead atoms. The van der Waals surface area contributed by atoms with Gasteiger partial charge in [-0.2, -0.15) is 0 Å². The first-order valence-corrected chi connectivity index (χ1v) is 11.2. The van der Waals surface area contributed by atoms with E-state index >= 15 is 0 Å². The molecule has 138 valence electrons. The van der Waals surface area contributed by atoms with E-state index in [1.54, 1.807) is 0 Å². The molecular formula is C28H21P. The molecule has 5 aromatic carbocycles. The molecular weight excluding hydrogens is 367 g/mol. The quantitative estimate of drug-likeness (QED) is 0.319. The molecule has 1 heteroatoms. The Hall–Kier alpha value is -3.21. The fourth-order valence-corrected chi connectivity index (χ4v) is 6.29. The number of rotatable bonds is 4. The summed E-state index contributed by atoms with van der Waals surface area (Å²) in [6, 6.07) is 46.0. The van der Waals surface area contributed by atoms with E-state index in [4.69, 9.17) is 0 Å². The maximum Gasteiger partial charge on any atom is -0.00726 e. The summed E-state index contributed by atoms with van der Waals surface area (Å²) < 4.78 is 0. The first kappa shape index (κ1) is 17.9. The maximum atomic E-state index is 2.31. The van der Waals surface area contributed by atoms with Crippen molar-refractivity contribution in [3.05, 3.63) is 127 Å². The van der Waals surface area contributed by atoms with Gasteiger partial charge < -0.3 is 0 Å². The molecule has 0 amide bonds. The zero-order chi connectivity index (χ0) is 19.5. The van der Waals surface area contributed by atoms with Crippen LogP contribution in [0.1, 0.15) is 0 Å². The summed E-state index contributed by atoms with van der Waals surface area (Å²) in [5.74, 6) is 0. The monoisotopic (exact) mass is 388 g/mol. The van der Waals surface area contributed by atoms with Gasteiger partial charge in [-0.3, -0.25) is 0 Å². The third-order valence-corrected chi connectivity index (χ3v) is 7.76. The molecule has 0 spiro atoms. The molecule has 0 aromatic heterocycles. The van der Waals surface area contributed by atoms with E-state index in [-0.39, 0.29) is 0 Å². The molecule has 5 rings (SSSR count). The van der Waals surface area contributed by atoms with Gasteiger partial charge in [0, 0.05) is 0 Å². The SMILES string of the molecule is c1ccc(-c2ccc(P(c3ccccc3)c3cccc4ccccc34)cc2)cc1. The second-order valence-electron chi connectivity index (χ2n) is 7.08. The van der Waals surface area contributed by atoms with E-state index in [9.17, 15) is 0 Å². The second kappa shape index (κ2) is 8.03. The van der Waals surface area contributed by atoms with Gasteiger partial charge in [0.1, 0.15) is 0 Å².